The summed E-state index contributed by atoms with van der Waals surface area (Å²) in [5.74, 6) is -0.240. The summed E-state index contributed by atoms with van der Waals surface area (Å²) in [5.41, 5.74) is 1.55. The summed E-state index contributed by atoms with van der Waals surface area (Å²) in [5, 5.41) is 14.8. The molecule has 5 atom stereocenters. The van der Waals surface area contributed by atoms with E-state index in [4.69, 9.17) is 0 Å². The summed E-state index contributed by atoms with van der Waals surface area (Å²) in [6.45, 7) is 4.03. The Hall–Kier alpha value is -1.65. The molecule has 1 saturated carbocycles. The smallest absolute Gasteiger partial charge is 0.258 e. The van der Waals surface area contributed by atoms with Crippen molar-refractivity contribution in [3.8, 4) is 0 Å². The fourth-order valence-electron chi connectivity index (χ4n) is 6.40. The highest BCUT2D eigenvalue weighted by atomic mass is 16.3. The average molecular weight is 311 g/mol. The summed E-state index contributed by atoms with van der Waals surface area (Å²) in [7, 11) is 2.31. The number of carbonyl (C=O) groups is 1. The van der Waals surface area contributed by atoms with E-state index in [9.17, 15) is 9.90 Å². The number of benzene rings is 1. The highest BCUT2D eigenvalue weighted by Gasteiger charge is 2.80. The standard InChI is InChI=1S/C19H22N2O2/c1-3-12-11-21(2)9-8-18-13-6-4-5-7-15(13)20-17(22)19(18,23)14(12)10-16(18)21/h3-7,14,16,23H,8-11H2,1-2H3/p+1. The minimum atomic E-state index is -1.31. The number of rotatable bonds is 0. The molecule has 5 rings (SSSR count). The normalized spacial score (nSPS) is 48.1. The number of anilines is 1. The molecule has 1 aliphatic carbocycles. The second kappa shape index (κ2) is 3.87. The molecule has 1 amide bonds. The van der Waals surface area contributed by atoms with Crippen LogP contribution in [0.15, 0.2) is 35.9 Å². The SMILES string of the molecule is CC=C1C[N+]2(C)CCC34c5ccccc5NC(=O)C3(O)C1CC42. The number of para-hydroxylation sites is 1. The average Bonchev–Trinajstić information content (AvgIpc) is 2.98. The molecule has 23 heavy (non-hydrogen) atoms. The second-order valence-electron chi connectivity index (χ2n) is 8.02. The molecule has 3 fully saturated rings. The van der Waals surface area contributed by atoms with Crippen LogP contribution < -0.4 is 5.32 Å². The Morgan fingerprint density at radius 1 is 1.39 bits per heavy atom. The quantitative estimate of drug-likeness (QED) is 0.567. The zero-order valence-corrected chi connectivity index (χ0v) is 13.7. The molecule has 2 N–H and O–H groups in total. The van der Waals surface area contributed by atoms with Crippen LogP contribution in [0.5, 0.6) is 0 Å². The molecule has 4 aliphatic rings. The summed E-state index contributed by atoms with van der Waals surface area (Å²) >= 11 is 0. The Bertz CT molecular complexity index is 772. The van der Waals surface area contributed by atoms with Crippen molar-refractivity contribution in [1.82, 2.24) is 0 Å². The molecule has 4 nitrogen and oxygen atoms in total. The molecular weight excluding hydrogens is 288 g/mol. The maximum absolute atomic E-state index is 13.1. The first-order valence-corrected chi connectivity index (χ1v) is 8.60. The Morgan fingerprint density at radius 2 is 2.17 bits per heavy atom. The molecule has 1 aromatic carbocycles. The van der Waals surface area contributed by atoms with Gasteiger partial charge in [0.15, 0.2) is 5.60 Å². The van der Waals surface area contributed by atoms with E-state index in [1.807, 2.05) is 25.1 Å². The van der Waals surface area contributed by atoms with Gasteiger partial charge >= 0.3 is 0 Å². The number of hydrogen-bond donors (Lipinski definition) is 2. The van der Waals surface area contributed by atoms with E-state index in [1.54, 1.807) is 0 Å². The Balaban J connectivity index is 1.86. The number of quaternary nitrogens is 1. The van der Waals surface area contributed by atoms with Gasteiger partial charge in [0.1, 0.15) is 12.6 Å². The first-order chi connectivity index (χ1) is 11.0. The molecule has 0 aromatic heterocycles. The summed E-state index contributed by atoms with van der Waals surface area (Å²) < 4.78 is 0.958. The van der Waals surface area contributed by atoms with Gasteiger partial charge in [0.05, 0.1) is 19.0 Å². The predicted octanol–water partition coefficient (Wildman–Crippen LogP) is 1.81. The van der Waals surface area contributed by atoms with Crippen molar-refractivity contribution < 1.29 is 14.4 Å². The second-order valence-corrected chi connectivity index (χ2v) is 8.02. The monoisotopic (exact) mass is 311 g/mol. The molecule has 0 radical (unpaired) electrons. The van der Waals surface area contributed by atoms with Gasteiger partial charge < -0.3 is 14.9 Å². The van der Waals surface area contributed by atoms with Gasteiger partial charge in [-0.2, -0.15) is 0 Å². The van der Waals surface area contributed by atoms with Crippen LogP contribution >= 0.6 is 0 Å². The molecule has 1 aromatic rings. The van der Waals surface area contributed by atoms with Crippen LogP contribution in [-0.2, 0) is 10.2 Å². The van der Waals surface area contributed by atoms with Crippen LogP contribution in [0.2, 0.25) is 0 Å². The zero-order valence-electron chi connectivity index (χ0n) is 13.7. The minimum Gasteiger partial charge on any atom is -0.378 e. The fourth-order valence-corrected chi connectivity index (χ4v) is 6.40. The Labute approximate surface area is 136 Å². The highest BCUT2D eigenvalue weighted by molar-refractivity contribution is 6.03. The number of aliphatic hydroxyl groups is 1. The summed E-state index contributed by atoms with van der Waals surface area (Å²) in [6, 6.07) is 8.41. The Kier molecular flexibility index (Phi) is 2.32. The molecular formula is C19H23N2O2+. The predicted molar refractivity (Wildman–Crippen MR) is 87.9 cm³/mol. The molecule has 4 heteroatoms. The van der Waals surface area contributed by atoms with Gasteiger partial charge in [-0.25, -0.2) is 0 Å². The van der Waals surface area contributed by atoms with Crippen molar-refractivity contribution in [3.05, 3.63) is 41.5 Å². The largest absolute Gasteiger partial charge is 0.378 e. The van der Waals surface area contributed by atoms with Crippen LogP contribution in [0.25, 0.3) is 0 Å². The molecule has 5 unspecified atom stereocenters. The van der Waals surface area contributed by atoms with E-state index < -0.39 is 11.0 Å². The van der Waals surface area contributed by atoms with Crippen molar-refractivity contribution in [3.63, 3.8) is 0 Å². The molecule has 120 valence electrons. The number of hydrogen-bond acceptors (Lipinski definition) is 2. The maximum atomic E-state index is 13.1. The van der Waals surface area contributed by atoms with Crippen LogP contribution in [0.3, 0.4) is 0 Å². The molecule has 3 aliphatic heterocycles. The van der Waals surface area contributed by atoms with Gasteiger partial charge in [-0.1, -0.05) is 24.3 Å². The number of piperidine rings is 1. The number of amides is 1. The van der Waals surface area contributed by atoms with Gasteiger partial charge in [-0.3, -0.25) is 4.79 Å². The lowest BCUT2D eigenvalue weighted by molar-refractivity contribution is -0.921. The minimum absolute atomic E-state index is 0.0441. The van der Waals surface area contributed by atoms with Crippen molar-refractivity contribution in [2.75, 3.05) is 25.5 Å². The van der Waals surface area contributed by atoms with Crippen molar-refractivity contribution >= 4 is 11.6 Å². The summed E-state index contributed by atoms with van der Waals surface area (Å²) in [6.07, 6.45) is 3.93. The third kappa shape index (κ3) is 1.24. The number of carbonyl (C=O) groups excluding carboxylic acids is 1. The van der Waals surface area contributed by atoms with E-state index >= 15 is 0 Å². The van der Waals surface area contributed by atoms with Crippen LogP contribution in [0.1, 0.15) is 25.3 Å². The van der Waals surface area contributed by atoms with Gasteiger partial charge in [0.25, 0.3) is 5.91 Å². The highest BCUT2D eigenvalue weighted by Crippen LogP contribution is 2.67. The number of nitrogens with one attached hydrogen (secondary N) is 1. The number of nitrogens with zero attached hydrogens (tertiary/aromatic N) is 1. The van der Waals surface area contributed by atoms with Crippen molar-refractivity contribution in [1.29, 1.82) is 0 Å². The molecule has 1 spiro atoms. The number of allylic oxidation sites excluding steroid dienone is 1. The lowest BCUT2D eigenvalue weighted by atomic mass is 9.62. The zero-order chi connectivity index (χ0) is 16.0. The topological polar surface area (TPSA) is 49.3 Å². The lowest BCUT2D eigenvalue weighted by Gasteiger charge is -2.45. The third-order valence-electron chi connectivity index (χ3n) is 7.35. The Morgan fingerprint density at radius 3 is 2.96 bits per heavy atom. The molecule has 2 bridgehead atoms. The van der Waals surface area contributed by atoms with Gasteiger partial charge in [-0.05, 0) is 24.1 Å². The van der Waals surface area contributed by atoms with Crippen LogP contribution in [0, 0.1) is 5.92 Å². The van der Waals surface area contributed by atoms with E-state index in [0.29, 0.717) is 6.04 Å². The maximum Gasteiger partial charge on any atom is 0.258 e. The van der Waals surface area contributed by atoms with Crippen LogP contribution in [-0.4, -0.2) is 47.3 Å². The first kappa shape index (κ1) is 13.8. The first-order valence-electron chi connectivity index (χ1n) is 8.60. The molecule has 3 heterocycles. The third-order valence-corrected chi connectivity index (χ3v) is 7.35. The van der Waals surface area contributed by atoms with Crippen molar-refractivity contribution in [2.24, 2.45) is 5.92 Å². The fraction of sp³-hybridized carbons (Fsp3) is 0.526. The lowest BCUT2D eigenvalue weighted by Crippen LogP contribution is -2.63. The van der Waals surface area contributed by atoms with Gasteiger partial charge in [0.2, 0.25) is 0 Å². The number of likely N-dealkylation sites (N-methyl/N-ethyl adjacent to an activating group) is 1. The summed E-state index contributed by atoms with van der Waals surface area (Å²) in [4.78, 5) is 13.1. The van der Waals surface area contributed by atoms with E-state index in [-0.39, 0.29) is 11.8 Å². The van der Waals surface area contributed by atoms with Gasteiger partial charge in [-0.15, -0.1) is 0 Å². The van der Waals surface area contributed by atoms with E-state index in [1.165, 1.54) is 5.57 Å². The molecule has 2 saturated heterocycles. The van der Waals surface area contributed by atoms with Crippen molar-refractivity contribution in [2.45, 2.75) is 36.8 Å². The van der Waals surface area contributed by atoms with E-state index in [0.717, 1.165) is 41.7 Å². The van der Waals surface area contributed by atoms with Crippen LogP contribution in [0.4, 0.5) is 5.69 Å². The van der Waals surface area contributed by atoms with E-state index in [2.05, 4.69) is 24.5 Å². The number of fused-ring (bicyclic) bond motifs is 3. The van der Waals surface area contributed by atoms with Gasteiger partial charge in [0, 0.05) is 24.4 Å².